The minimum atomic E-state index is -1.01. The molecule has 1 aromatic carbocycles. The first-order valence-electron chi connectivity index (χ1n) is 7.88. The van der Waals surface area contributed by atoms with Gasteiger partial charge in [0.05, 0.1) is 10.3 Å². The molecular formula is C18H19NO5S. The van der Waals surface area contributed by atoms with Crippen molar-refractivity contribution in [3.63, 3.8) is 0 Å². The smallest absolute Gasteiger partial charge is 0.310 e. The second-order valence-corrected chi connectivity index (χ2v) is 7.48. The van der Waals surface area contributed by atoms with Gasteiger partial charge in [0.25, 0.3) is 5.91 Å². The third-order valence-electron chi connectivity index (χ3n) is 3.93. The first kappa shape index (κ1) is 17.3. The van der Waals surface area contributed by atoms with E-state index >= 15 is 0 Å². The number of aliphatic carboxylic acids is 1. The lowest BCUT2D eigenvalue weighted by Gasteiger charge is -2.19. The zero-order valence-electron chi connectivity index (χ0n) is 14.0. The fourth-order valence-corrected chi connectivity index (χ4v) is 3.19. The van der Waals surface area contributed by atoms with Crippen LogP contribution in [0.15, 0.2) is 30.3 Å². The van der Waals surface area contributed by atoms with E-state index in [1.165, 1.54) is 11.3 Å². The summed E-state index contributed by atoms with van der Waals surface area (Å²) < 4.78 is 11.1. The van der Waals surface area contributed by atoms with E-state index in [0.29, 0.717) is 23.8 Å². The van der Waals surface area contributed by atoms with Gasteiger partial charge in [-0.2, -0.15) is 0 Å². The molecule has 0 saturated carbocycles. The molecule has 0 fully saturated rings. The van der Waals surface area contributed by atoms with Gasteiger partial charge >= 0.3 is 5.97 Å². The molecule has 0 unspecified atom stereocenters. The molecule has 1 aliphatic rings. The van der Waals surface area contributed by atoms with E-state index < -0.39 is 11.4 Å². The second-order valence-electron chi connectivity index (χ2n) is 6.39. The van der Waals surface area contributed by atoms with Crippen LogP contribution < -0.4 is 14.8 Å². The Morgan fingerprint density at radius 2 is 1.88 bits per heavy atom. The highest BCUT2D eigenvalue weighted by atomic mass is 32.1. The molecule has 2 aromatic rings. The lowest BCUT2D eigenvalue weighted by molar-refractivity contribution is -0.146. The van der Waals surface area contributed by atoms with Gasteiger partial charge in [-0.05, 0) is 49.7 Å². The maximum absolute atomic E-state index is 12.3. The van der Waals surface area contributed by atoms with Gasteiger partial charge < -0.3 is 19.9 Å². The number of rotatable bonds is 5. The molecule has 0 saturated heterocycles. The summed E-state index contributed by atoms with van der Waals surface area (Å²) in [4.78, 5) is 24.8. The number of benzene rings is 1. The highest BCUT2D eigenvalue weighted by Gasteiger charge is 2.28. The SMILES string of the molecule is CC(C)(CNC(=O)c1ccc(-c2ccc3c(c2)OCCO3)s1)C(=O)O. The van der Waals surface area contributed by atoms with Crippen LogP contribution in [0.3, 0.4) is 0 Å². The Bertz CT molecular complexity index is 812. The van der Waals surface area contributed by atoms with Crippen molar-refractivity contribution in [3.05, 3.63) is 35.2 Å². The molecule has 1 aromatic heterocycles. The average molecular weight is 361 g/mol. The molecule has 0 atom stereocenters. The van der Waals surface area contributed by atoms with Crippen LogP contribution in [0.25, 0.3) is 10.4 Å². The molecule has 0 aliphatic carbocycles. The van der Waals surface area contributed by atoms with Gasteiger partial charge in [-0.3, -0.25) is 9.59 Å². The molecular weight excluding hydrogens is 342 g/mol. The quantitative estimate of drug-likeness (QED) is 0.855. The zero-order chi connectivity index (χ0) is 18.0. The number of ether oxygens (including phenoxy) is 2. The number of hydrogen-bond donors (Lipinski definition) is 2. The summed E-state index contributed by atoms with van der Waals surface area (Å²) in [6, 6.07) is 9.29. The Hall–Kier alpha value is -2.54. The normalized spacial score (nSPS) is 13.4. The summed E-state index contributed by atoms with van der Waals surface area (Å²) in [6.45, 7) is 4.28. The molecule has 2 N–H and O–H groups in total. The van der Waals surface area contributed by atoms with Gasteiger partial charge in [0.1, 0.15) is 13.2 Å². The Morgan fingerprint density at radius 3 is 2.60 bits per heavy atom. The van der Waals surface area contributed by atoms with Crippen LogP contribution in [0, 0.1) is 5.41 Å². The Balaban J connectivity index is 1.72. The highest BCUT2D eigenvalue weighted by molar-refractivity contribution is 7.17. The van der Waals surface area contributed by atoms with E-state index in [4.69, 9.17) is 14.6 Å². The summed E-state index contributed by atoms with van der Waals surface area (Å²) in [5.74, 6) is 0.200. The highest BCUT2D eigenvalue weighted by Crippen LogP contribution is 2.36. The Morgan fingerprint density at radius 1 is 1.16 bits per heavy atom. The van der Waals surface area contributed by atoms with Crippen molar-refractivity contribution in [2.75, 3.05) is 19.8 Å². The van der Waals surface area contributed by atoms with Crippen molar-refractivity contribution in [2.45, 2.75) is 13.8 Å². The van der Waals surface area contributed by atoms with Crippen molar-refractivity contribution >= 4 is 23.2 Å². The van der Waals surface area contributed by atoms with Crippen molar-refractivity contribution in [1.29, 1.82) is 0 Å². The third kappa shape index (κ3) is 3.76. The number of carboxylic acid groups (broad SMARTS) is 1. The van der Waals surface area contributed by atoms with Crippen LogP contribution in [0.1, 0.15) is 23.5 Å². The molecule has 132 valence electrons. The van der Waals surface area contributed by atoms with Crippen LogP contribution in [0.2, 0.25) is 0 Å². The molecule has 1 aliphatic heterocycles. The topological polar surface area (TPSA) is 84.9 Å². The first-order chi connectivity index (χ1) is 11.9. The van der Waals surface area contributed by atoms with E-state index in [1.807, 2.05) is 24.3 Å². The Labute approximate surface area is 149 Å². The monoisotopic (exact) mass is 361 g/mol. The van der Waals surface area contributed by atoms with Gasteiger partial charge in [-0.25, -0.2) is 0 Å². The predicted molar refractivity (Wildman–Crippen MR) is 94.5 cm³/mol. The van der Waals surface area contributed by atoms with Crippen molar-refractivity contribution < 1.29 is 24.2 Å². The fourth-order valence-electron chi connectivity index (χ4n) is 2.28. The molecule has 6 nitrogen and oxygen atoms in total. The molecule has 3 rings (SSSR count). The number of hydrogen-bond acceptors (Lipinski definition) is 5. The molecule has 25 heavy (non-hydrogen) atoms. The maximum Gasteiger partial charge on any atom is 0.310 e. The molecule has 2 heterocycles. The van der Waals surface area contributed by atoms with Crippen molar-refractivity contribution in [1.82, 2.24) is 5.32 Å². The lowest BCUT2D eigenvalue weighted by Crippen LogP contribution is -2.38. The lowest BCUT2D eigenvalue weighted by atomic mass is 9.94. The van der Waals surface area contributed by atoms with Gasteiger partial charge in [0.15, 0.2) is 11.5 Å². The van der Waals surface area contributed by atoms with Crippen molar-refractivity contribution in [3.8, 4) is 21.9 Å². The van der Waals surface area contributed by atoms with Crippen LogP contribution >= 0.6 is 11.3 Å². The maximum atomic E-state index is 12.3. The molecule has 7 heteroatoms. The number of amides is 1. The van der Waals surface area contributed by atoms with Gasteiger partial charge in [0, 0.05) is 11.4 Å². The van der Waals surface area contributed by atoms with Crippen LogP contribution in [0.4, 0.5) is 0 Å². The summed E-state index contributed by atoms with van der Waals surface area (Å²) in [5.41, 5.74) is -0.0647. The summed E-state index contributed by atoms with van der Waals surface area (Å²) in [6.07, 6.45) is 0. The largest absolute Gasteiger partial charge is 0.486 e. The number of carbonyl (C=O) groups is 2. The average Bonchev–Trinajstić information content (AvgIpc) is 3.09. The second kappa shape index (κ2) is 6.76. The van der Waals surface area contributed by atoms with E-state index in [2.05, 4.69) is 5.32 Å². The molecule has 0 bridgehead atoms. The molecule has 1 amide bonds. The summed E-state index contributed by atoms with van der Waals surface area (Å²) in [5, 5.41) is 11.8. The van der Waals surface area contributed by atoms with E-state index in [0.717, 1.165) is 16.2 Å². The van der Waals surface area contributed by atoms with Crippen molar-refractivity contribution in [2.24, 2.45) is 5.41 Å². The van der Waals surface area contributed by atoms with Crippen LogP contribution in [-0.2, 0) is 4.79 Å². The number of carbonyl (C=O) groups excluding carboxylic acids is 1. The summed E-state index contributed by atoms with van der Waals surface area (Å²) in [7, 11) is 0. The minimum absolute atomic E-state index is 0.0679. The van der Waals surface area contributed by atoms with E-state index in [1.54, 1.807) is 19.9 Å². The first-order valence-corrected chi connectivity index (χ1v) is 8.70. The zero-order valence-corrected chi connectivity index (χ0v) is 14.8. The number of carboxylic acids is 1. The Kier molecular flexibility index (Phi) is 4.67. The summed E-state index contributed by atoms with van der Waals surface area (Å²) >= 11 is 1.35. The minimum Gasteiger partial charge on any atom is -0.486 e. The van der Waals surface area contributed by atoms with Gasteiger partial charge in [0.2, 0.25) is 0 Å². The number of thiophene rings is 1. The van der Waals surface area contributed by atoms with E-state index in [9.17, 15) is 9.59 Å². The molecule has 0 spiro atoms. The number of fused-ring (bicyclic) bond motifs is 1. The van der Waals surface area contributed by atoms with E-state index in [-0.39, 0.29) is 12.5 Å². The van der Waals surface area contributed by atoms with Crippen LogP contribution in [0.5, 0.6) is 11.5 Å². The third-order valence-corrected chi connectivity index (χ3v) is 5.06. The predicted octanol–water partition coefficient (Wildman–Crippen LogP) is 3.03. The fraction of sp³-hybridized carbons (Fsp3) is 0.333. The van der Waals surface area contributed by atoms with Crippen LogP contribution in [-0.4, -0.2) is 36.7 Å². The van der Waals surface area contributed by atoms with Gasteiger partial charge in [-0.15, -0.1) is 11.3 Å². The standard InChI is InChI=1S/C18H19NO5S/c1-18(2,17(21)22)10-19-16(20)15-6-5-14(25-15)11-3-4-12-13(9-11)24-8-7-23-12/h3-6,9H,7-8,10H2,1-2H3,(H,19,20)(H,21,22). The molecule has 0 radical (unpaired) electrons. The number of nitrogens with one attached hydrogen (secondary N) is 1. The van der Waals surface area contributed by atoms with Gasteiger partial charge in [-0.1, -0.05) is 0 Å².